The average Bonchev–Trinajstić information content (AvgIpc) is 3.21. The summed E-state index contributed by atoms with van der Waals surface area (Å²) in [4.78, 5) is 15.9. The quantitative estimate of drug-likeness (QED) is 0.877. The zero-order chi connectivity index (χ0) is 18.8. The van der Waals surface area contributed by atoms with Crippen LogP contribution in [0.4, 0.5) is 0 Å². The molecule has 138 valence electrons. The van der Waals surface area contributed by atoms with Crippen LogP contribution in [0.25, 0.3) is 0 Å². The van der Waals surface area contributed by atoms with Crippen LogP contribution in [0.3, 0.4) is 0 Å². The third-order valence-corrected chi connectivity index (χ3v) is 6.21. The van der Waals surface area contributed by atoms with E-state index in [0.29, 0.717) is 18.7 Å². The maximum Gasteiger partial charge on any atom is 0.232 e. The molecule has 2 aliphatic rings. The molecule has 1 amide bonds. The van der Waals surface area contributed by atoms with E-state index in [9.17, 15) is 10.1 Å². The third kappa shape index (κ3) is 3.46. The van der Waals surface area contributed by atoms with Gasteiger partial charge in [-0.1, -0.05) is 12.1 Å². The van der Waals surface area contributed by atoms with Crippen LogP contribution >= 0.6 is 11.8 Å². The zero-order valence-corrected chi connectivity index (χ0v) is 15.8. The van der Waals surface area contributed by atoms with E-state index in [0.717, 1.165) is 34.5 Å². The van der Waals surface area contributed by atoms with Gasteiger partial charge in [-0.05, 0) is 41.6 Å². The fourth-order valence-corrected chi connectivity index (χ4v) is 4.76. The highest BCUT2D eigenvalue weighted by atomic mass is 32.2. The number of furan rings is 1. The Morgan fingerprint density at radius 1 is 1.37 bits per heavy atom. The first-order chi connectivity index (χ1) is 13.2. The van der Waals surface area contributed by atoms with Gasteiger partial charge in [0.05, 0.1) is 25.0 Å². The van der Waals surface area contributed by atoms with Crippen molar-refractivity contribution < 1.29 is 18.8 Å². The molecule has 2 atom stereocenters. The third-order valence-electron chi connectivity index (χ3n) is 4.94. The minimum atomic E-state index is -0.196. The fourth-order valence-electron chi connectivity index (χ4n) is 3.56. The molecule has 0 aliphatic carbocycles. The molecule has 0 spiro atoms. The maximum absolute atomic E-state index is 12.9. The first-order valence-electron chi connectivity index (χ1n) is 8.77. The second-order valence-corrected chi connectivity index (χ2v) is 7.60. The molecule has 0 saturated carbocycles. The van der Waals surface area contributed by atoms with Gasteiger partial charge < -0.3 is 14.1 Å². The van der Waals surface area contributed by atoms with Crippen LogP contribution < -0.4 is 9.64 Å². The number of benzene rings is 1. The van der Waals surface area contributed by atoms with Gasteiger partial charge in [0.2, 0.25) is 5.91 Å². The number of nitrogens with zero attached hydrogens (tertiary/aromatic N) is 2. The van der Waals surface area contributed by atoms with Crippen molar-refractivity contribution in [2.75, 3.05) is 19.7 Å². The van der Waals surface area contributed by atoms with Gasteiger partial charge in [-0.15, -0.1) is 0 Å². The van der Waals surface area contributed by atoms with Gasteiger partial charge in [-0.25, -0.2) is 0 Å². The van der Waals surface area contributed by atoms with Crippen molar-refractivity contribution in [1.82, 2.24) is 4.90 Å². The lowest BCUT2D eigenvalue weighted by Gasteiger charge is -2.38. The highest BCUT2D eigenvalue weighted by molar-refractivity contribution is 8.02. The molecule has 1 aromatic carbocycles. The summed E-state index contributed by atoms with van der Waals surface area (Å²) >= 11 is 1.58. The molecule has 1 aromatic heterocycles. The first-order valence-corrected chi connectivity index (χ1v) is 9.75. The standard InChI is InChI=1S/C20H19N3O3S/c1-25-15-6-4-14(5-7-15)17-9-19(24)23-12-22(11-16-3-2-8-26-16)13-27-20(23)18(17)10-21/h2-8,17H,9,11-13H2,1H3/p+1/t17-/m1/s1. The summed E-state index contributed by atoms with van der Waals surface area (Å²) in [5.74, 6) is 2.32. The summed E-state index contributed by atoms with van der Waals surface area (Å²) in [6.07, 6.45) is 1.98. The SMILES string of the molecule is COc1ccc([C@H]2CC(=O)N3C[NH+](Cc4ccco4)CSC3=C2C#N)cc1. The lowest BCUT2D eigenvalue weighted by molar-refractivity contribution is -0.911. The summed E-state index contributed by atoms with van der Waals surface area (Å²) in [5.41, 5.74) is 1.65. The van der Waals surface area contributed by atoms with Gasteiger partial charge in [0, 0.05) is 12.3 Å². The zero-order valence-electron chi connectivity index (χ0n) is 15.0. The lowest BCUT2D eigenvalue weighted by Crippen LogP contribution is -3.12. The molecule has 27 heavy (non-hydrogen) atoms. The van der Waals surface area contributed by atoms with Gasteiger partial charge in [0.25, 0.3) is 0 Å². The van der Waals surface area contributed by atoms with Crippen molar-refractivity contribution in [1.29, 1.82) is 5.26 Å². The molecule has 2 aromatic rings. The number of fused-ring (bicyclic) bond motifs is 1. The second-order valence-electron chi connectivity index (χ2n) is 6.64. The molecule has 1 N–H and O–H groups in total. The molecule has 1 saturated heterocycles. The average molecular weight is 382 g/mol. The molecular formula is C20H20N3O3S+. The van der Waals surface area contributed by atoms with E-state index in [1.807, 2.05) is 36.4 Å². The minimum Gasteiger partial charge on any atom is -0.497 e. The monoisotopic (exact) mass is 382 g/mol. The molecule has 0 bridgehead atoms. The number of amides is 1. The maximum atomic E-state index is 12.9. The lowest BCUT2D eigenvalue weighted by atomic mass is 9.86. The Morgan fingerprint density at radius 3 is 2.85 bits per heavy atom. The van der Waals surface area contributed by atoms with Crippen LogP contribution in [-0.2, 0) is 11.3 Å². The number of rotatable bonds is 4. The molecule has 4 rings (SSSR count). The first kappa shape index (κ1) is 17.7. The van der Waals surface area contributed by atoms with Gasteiger partial charge >= 0.3 is 0 Å². The molecule has 1 unspecified atom stereocenters. The largest absolute Gasteiger partial charge is 0.497 e. The Morgan fingerprint density at radius 2 is 2.19 bits per heavy atom. The number of ether oxygens (including phenoxy) is 1. The Balaban J connectivity index is 1.59. The molecule has 0 radical (unpaired) electrons. The molecule has 7 heteroatoms. The van der Waals surface area contributed by atoms with E-state index in [1.165, 1.54) is 4.90 Å². The number of allylic oxidation sites excluding steroid dienone is 1. The minimum absolute atomic E-state index is 0.0639. The predicted molar refractivity (Wildman–Crippen MR) is 101 cm³/mol. The molecule has 1 fully saturated rings. The summed E-state index contributed by atoms with van der Waals surface area (Å²) in [6.45, 7) is 1.28. The van der Waals surface area contributed by atoms with Crippen molar-refractivity contribution in [3.8, 4) is 11.8 Å². The van der Waals surface area contributed by atoms with Crippen LogP contribution in [0.1, 0.15) is 23.7 Å². The summed E-state index contributed by atoms with van der Waals surface area (Å²) in [5, 5.41) is 10.6. The second kappa shape index (κ2) is 7.51. The van der Waals surface area contributed by atoms with E-state index in [2.05, 4.69) is 6.07 Å². The van der Waals surface area contributed by atoms with Gasteiger partial charge in [-0.2, -0.15) is 5.26 Å². The van der Waals surface area contributed by atoms with Crippen LogP contribution in [0.15, 0.2) is 57.7 Å². The summed E-state index contributed by atoms with van der Waals surface area (Å²) in [7, 11) is 1.62. The van der Waals surface area contributed by atoms with Crippen molar-refractivity contribution in [3.63, 3.8) is 0 Å². The van der Waals surface area contributed by atoms with Gasteiger partial charge in [0.1, 0.15) is 23.2 Å². The number of carbonyl (C=O) groups excluding carboxylic acids is 1. The topological polar surface area (TPSA) is 70.9 Å². The number of nitriles is 1. The van der Waals surface area contributed by atoms with E-state index < -0.39 is 0 Å². The van der Waals surface area contributed by atoms with E-state index in [-0.39, 0.29) is 11.8 Å². The summed E-state index contributed by atoms with van der Waals surface area (Å²) in [6, 6.07) is 13.8. The number of hydrogen-bond acceptors (Lipinski definition) is 5. The molecule has 6 nitrogen and oxygen atoms in total. The van der Waals surface area contributed by atoms with Crippen molar-refractivity contribution in [2.45, 2.75) is 18.9 Å². The van der Waals surface area contributed by atoms with E-state index in [1.54, 1.807) is 30.0 Å². The van der Waals surface area contributed by atoms with Crippen LogP contribution in [0.5, 0.6) is 5.75 Å². The number of carbonyl (C=O) groups is 1. The van der Waals surface area contributed by atoms with Crippen molar-refractivity contribution in [2.24, 2.45) is 0 Å². The van der Waals surface area contributed by atoms with Gasteiger partial charge in [0.15, 0.2) is 12.4 Å². The van der Waals surface area contributed by atoms with Crippen LogP contribution in [0, 0.1) is 11.3 Å². The predicted octanol–water partition coefficient (Wildman–Crippen LogP) is 2.09. The van der Waals surface area contributed by atoms with Crippen LogP contribution in [0.2, 0.25) is 0 Å². The van der Waals surface area contributed by atoms with Crippen molar-refractivity contribution >= 4 is 17.7 Å². The number of methoxy groups -OCH3 is 1. The smallest absolute Gasteiger partial charge is 0.232 e. The molecular weight excluding hydrogens is 362 g/mol. The number of thioether (sulfide) groups is 1. The number of hydrogen-bond donors (Lipinski definition) is 1. The van der Waals surface area contributed by atoms with Crippen molar-refractivity contribution in [3.05, 3.63) is 64.6 Å². The fraction of sp³-hybridized carbons (Fsp3) is 0.300. The Bertz CT molecular complexity index is 900. The normalized spacial score (nSPS) is 22.4. The Kier molecular flexibility index (Phi) is 4.92. The summed E-state index contributed by atoms with van der Waals surface area (Å²) < 4.78 is 10.6. The molecule has 3 heterocycles. The van der Waals surface area contributed by atoms with Crippen LogP contribution in [-0.4, -0.2) is 30.5 Å². The van der Waals surface area contributed by atoms with E-state index in [4.69, 9.17) is 9.15 Å². The molecule has 2 aliphatic heterocycles. The van der Waals surface area contributed by atoms with E-state index >= 15 is 0 Å². The highest BCUT2D eigenvalue weighted by Gasteiger charge is 2.40. The van der Waals surface area contributed by atoms with Gasteiger partial charge in [-0.3, -0.25) is 9.69 Å². The number of quaternary nitrogens is 1. The Labute approximate surface area is 162 Å². The Hall–Kier alpha value is -2.69. The number of nitrogens with one attached hydrogen (secondary N) is 1. The highest BCUT2D eigenvalue weighted by Crippen LogP contribution is 2.40.